The summed E-state index contributed by atoms with van der Waals surface area (Å²) in [5.74, 6) is 5.15. The van der Waals surface area contributed by atoms with Crippen LogP contribution in [0.2, 0.25) is 0 Å². The van der Waals surface area contributed by atoms with Crippen molar-refractivity contribution in [2.75, 3.05) is 0 Å². The summed E-state index contributed by atoms with van der Waals surface area (Å²) in [5.41, 5.74) is 7.07. The molecule has 0 heterocycles. The van der Waals surface area contributed by atoms with Crippen molar-refractivity contribution in [1.82, 2.24) is 0 Å². The molecule has 0 aliphatic heterocycles. The van der Waals surface area contributed by atoms with Crippen LogP contribution in [0.5, 0.6) is 0 Å². The van der Waals surface area contributed by atoms with Crippen molar-refractivity contribution in [2.24, 2.45) is 29.6 Å². The first-order valence-electron chi connectivity index (χ1n) is 11.4. The third-order valence-electron chi connectivity index (χ3n) is 8.24. The molecule has 4 saturated carbocycles. The van der Waals surface area contributed by atoms with E-state index < -0.39 is 0 Å². The van der Waals surface area contributed by atoms with Gasteiger partial charge in [0.1, 0.15) is 0 Å². The minimum Gasteiger partial charge on any atom is -1.00 e. The van der Waals surface area contributed by atoms with Crippen molar-refractivity contribution < 1.29 is 51.0 Å². The van der Waals surface area contributed by atoms with Gasteiger partial charge in [0.05, 0.1) is 0 Å². The molecular weight excluding hydrogens is 498 g/mol. The Bertz CT molecular complexity index is 1000. The normalized spacial score (nSPS) is 28.0. The molecule has 0 aromatic heterocycles. The summed E-state index contributed by atoms with van der Waals surface area (Å²) in [6.45, 7) is 4.42. The first kappa shape index (κ1) is 25.1. The maximum absolute atomic E-state index is 2.52. The van der Waals surface area contributed by atoms with Crippen molar-refractivity contribution in [2.45, 2.75) is 52.4 Å². The summed E-state index contributed by atoms with van der Waals surface area (Å²) in [7, 11) is 0. The molecule has 161 valence electrons. The molecule has 3 heteroatoms. The quantitative estimate of drug-likeness (QED) is 0.451. The monoisotopic (exact) mass is 527 g/mol. The molecule has 7 rings (SSSR count). The maximum Gasteiger partial charge on any atom is 3.00 e. The minimum atomic E-state index is 0. The number of aryl methyl sites for hydroxylation is 2. The standard InChI is InChI=1S/C28H31.2ClH.Zr/c1-17-6-18(2)8-23(7-17)26-5-3-4-22-10-21(16-28(22)26)15-27-24-11-19-9-20(13-24)14-25(27)12-19;;;/h3-8,10,16,19-20,24-25,27H,9,11-15H2,1-2H3;2*1H;/q-1;;;+3/p-2. The number of hydrogen-bond acceptors (Lipinski definition) is 0. The van der Waals surface area contributed by atoms with Crippen LogP contribution in [0.1, 0.15) is 48.8 Å². The fraction of sp³-hybridized carbons (Fsp3) is 0.464. The summed E-state index contributed by atoms with van der Waals surface area (Å²) < 4.78 is 0. The van der Waals surface area contributed by atoms with Crippen molar-refractivity contribution in [3.8, 4) is 11.1 Å². The number of fused-ring (bicyclic) bond motifs is 1. The molecule has 31 heavy (non-hydrogen) atoms. The molecule has 3 aromatic carbocycles. The van der Waals surface area contributed by atoms with Gasteiger partial charge in [-0.05, 0) is 87.5 Å². The van der Waals surface area contributed by atoms with E-state index in [1.165, 1.54) is 65.1 Å². The number of rotatable bonds is 3. The van der Waals surface area contributed by atoms with Crippen molar-refractivity contribution in [3.63, 3.8) is 0 Å². The van der Waals surface area contributed by atoms with Gasteiger partial charge in [-0.3, -0.25) is 0 Å². The van der Waals surface area contributed by atoms with E-state index in [0.29, 0.717) is 0 Å². The fourth-order valence-electron chi connectivity index (χ4n) is 7.44. The van der Waals surface area contributed by atoms with Gasteiger partial charge in [0.15, 0.2) is 0 Å². The second-order valence-corrected chi connectivity index (χ2v) is 10.3. The Morgan fingerprint density at radius 1 is 0.806 bits per heavy atom. The van der Waals surface area contributed by atoms with Crippen LogP contribution in [0.15, 0.2) is 48.5 Å². The van der Waals surface area contributed by atoms with Crippen molar-refractivity contribution >= 4 is 10.8 Å². The molecule has 0 nitrogen and oxygen atoms in total. The van der Waals surface area contributed by atoms with E-state index in [4.69, 9.17) is 0 Å². The van der Waals surface area contributed by atoms with Crippen LogP contribution in [0.25, 0.3) is 21.9 Å². The topological polar surface area (TPSA) is 0 Å². The van der Waals surface area contributed by atoms with Crippen LogP contribution in [0.3, 0.4) is 0 Å². The minimum absolute atomic E-state index is 0. The third-order valence-corrected chi connectivity index (χ3v) is 8.24. The van der Waals surface area contributed by atoms with Crippen LogP contribution in [-0.2, 0) is 32.6 Å². The zero-order valence-corrected chi connectivity index (χ0v) is 22.5. The molecule has 0 saturated heterocycles. The molecule has 0 unspecified atom stereocenters. The molecule has 1 radical (unpaired) electrons. The molecule has 4 aliphatic carbocycles. The fourth-order valence-corrected chi connectivity index (χ4v) is 7.44. The summed E-state index contributed by atoms with van der Waals surface area (Å²) in [6, 6.07) is 18.8. The molecule has 4 bridgehead atoms. The molecule has 3 aromatic rings. The zero-order valence-electron chi connectivity index (χ0n) is 18.5. The van der Waals surface area contributed by atoms with Gasteiger partial charge in [0, 0.05) is 0 Å². The molecular formula is C28H31Cl2Zr. The zero-order chi connectivity index (χ0) is 18.8. The first-order valence-corrected chi connectivity index (χ1v) is 11.4. The first-order chi connectivity index (χ1) is 13.6. The van der Waals surface area contributed by atoms with Gasteiger partial charge in [0.25, 0.3) is 0 Å². The van der Waals surface area contributed by atoms with Crippen LogP contribution in [0.4, 0.5) is 0 Å². The average Bonchev–Trinajstić information content (AvgIpc) is 3.06. The second kappa shape index (κ2) is 9.79. The molecule has 4 aliphatic rings. The molecule has 0 spiro atoms. The van der Waals surface area contributed by atoms with Gasteiger partial charge in [-0.15, -0.1) is 34.5 Å². The Morgan fingerprint density at radius 3 is 2.03 bits per heavy atom. The molecule has 0 atom stereocenters. The third kappa shape index (κ3) is 4.62. The van der Waals surface area contributed by atoms with Crippen LogP contribution in [-0.4, -0.2) is 0 Å². The van der Waals surface area contributed by atoms with E-state index in [1.54, 1.807) is 12.0 Å². The Labute approximate surface area is 218 Å². The van der Waals surface area contributed by atoms with Crippen molar-refractivity contribution in [3.05, 3.63) is 65.2 Å². The Hall–Kier alpha value is -0.487. The van der Waals surface area contributed by atoms with Crippen molar-refractivity contribution in [1.29, 1.82) is 0 Å². The Balaban J connectivity index is 0.000000907. The summed E-state index contributed by atoms with van der Waals surface area (Å²) in [5, 5.41) is 2.88. The predicted octanol–water partition coefficient (Wildman–Crippen LogP) is 1.46. The average molecular weight is 530 g/mol. The number of halogens is 2. The Kier molecular flexibility index (Phi) is 7.94. The molecule has 4 fully saturated rings. The Morgan fingerprint density at radius 2 is 1.42 bits per heavy atom. The van der Waals surface area contributed by atoms with E-state index in [-0.39, 0.29) is 51.0 Å². The molecule has 0 N–H and O–H groups in total. The SMILES string of the molecule is Cc1cc(C)cc(-c2cccc3[cH-]c(CC4C5CC6CC(C5)CC4C6)cc23)c1.[Cl-].[Cl-].[Zr+3]. The van der Waals surface area contributed by atoms with E-state index in [0.717, 1.165) is 29.6 Å². The van der Waals surface area contributed by atoms with Crippen LogP contribution >= 0.6 is 0 Å². The van der Waals surface area contributed by atoms with Gasteiger partial charge in [-0.2, -0.15) is 6.07 Å². The second-order valence-electron chi connectivity index (χ2n) is 10.3. The maximum atomic E-state index is 2.52. The summed E-state index contributed by atoms with van der Waals surface area (Å²) >= 11 is 0. The smallest absolute Gasteiger partial charge is 1.00 e. The van der Waals surface area contributed by atoms with Gasteiger partial charge in [0.2, 0.25) is 0 Å². The number of hydrogen-bond donors (Lipinski definition) is 0. The van der Waals surface area contributed by atoms with Gasteiger partial charge < -0.3 is 24.8 Å². The predicted molar refractivity (Wildman–Crippen MR) is 119 cm³/mol. The largest absolute Gasteiger partial charge is 3.00 e. The van der Waals surface area contributed by atoms with Crippen LogP contribution in [0, 0.1) is 43.4 Å². The molecule has 0 amide bonds. The van der Waals surface area contributed by atoms with E-state index in [9.17, 15) is 0 Å². The summed E-state index contributed by atoms with van der Waals surface area (Å²) in [6.07, 6.45) is 9.00. The van der Waals surface area contributed by atoms with Gasteiger partial charge in [-0.25, -0.2) is 0 Å². The summed E-state index contributed by atoms with van der Waals surface area (Å²) in [4.78, 5) is 0. The van der Waals surface area contributed by atoms with Gasteiger partial charge in [-0.1, -0.05) is 41.0 Å². The van der Waals surface area contributed by atoms with E-state index in [1.807, 2.05) is 0 Å². The van der Waals surface area contributed by atoms with E-state index in [2.05, 4.69) is 62.4 Å². The van der Waals surface area contributed by atoms with Gasteiger partial charge >= 0.3 is 26.2 Å². The number of benzene rings is 2. The van der Waals surface area contributed by atoms with Crippen LogP contribution < -0.4 is 24.8 Å². The van der Waals surface area contributed by atoms with E-state index >= 15 is 0 Å².